The van der Waals surface area contributed by atoms with Crippen molar-refractivity contribution in [3.8, 4) is 0 Å². The Morgan fingerprint density at radius 3 is 1.59 bits per heavy atom. The number of carbonyl (C=O) groups excluding carboxylic acids is 6. The molecule has 2 rings (SSSR count). The zero-order valence-electron chi connectivity index (χ0n) is 22.3. The summed E-state index contributed by atoms with van der Waals surface area (Å²) in [5.41, 5.74) is 0. The highest BCUT2D eigenvalue weighted by Crippen LogP contribution is 2.32. The van der Waals surface area contributed by atoms with Gasteiger partial charge in [-0.2, -0.15) is 0 Å². The van der Waals surface area contributed by atoms with Crippen LogP contribution >= 0.6 is 0 Å². The van der Waals surface area contributed by atoms with E-state index in [-0.39, 0.29) is 6.61 Å². The summed E-state index contributed by atoms with van der Waals surface area (Å²) in [6, 6.07) is 0. The van der Waals surface area contributed by atoms with Crippen molar-refractivity contribution < 1.29 is 71.4 Å². The van der Waals surface area contributed by atoms with Gasteiger partial charge in [-0.1, -0.05) is 0 Å². The Bertz CT molecular complexity index is 959. The van der Waals surface area contributed by atoms with Crippen molar-refractivity contribution in [1.82, 2.24) is 0 Å². The predicted molar refractivity (Wildman–Crippen MR) is 123 cm³/mol. The minimum Gasteiger partial charge on any atom is -0.492 e. The van der Waals surface area contributed by atoms with Crippen LogP contribution in [-0.4, -0.2) is 98.0 Å². The monoisotopic (exact) mass is 560 g/mol. The summed E-state index contributed by atoms with van der Waals surface area (Å²) in [5, 5.41) is 0. The minimum atomic E-state index is -1.58. The Labute approximate surface area is 223 Å². The number of carbonyl (C=O) groups is 6. The third-order valence-corrected chi connectivity index (χ3v) is 5.20. The van der Waals surface area contributed by atoms with Crippen LogP contribution < -0.4 is 0 Å². The molecule has 39 heavy (non-hydrogen) atoms. The van der Waals surface area contributed by atoms with Crippen molar-refractivity contribution >= 4 is 35.8 Å². The van der Waals surface area contributed by atoms with Gasteiger partial charge in [-0.15, -0.1) is 0 Å². The average molecular weight is 561 g/mol. The smallest absolute Gasteiger partial charge is 0.303 e. The maximum Gasteiger partial charge on any atom is 0.303 e. The molecule has 0 aromatic heterocycles. The van der Waals surface area contributed by atoms with Gasteiger partial charge in [0.15, 0.2) is 36.8 Å². The summed E-state index contributed by atoms with van der Waals surface area (Å²) in [4.78, 5) is 70.6. The lowest BCUT2D eigenvalue weighted by Gasteiger charge is -2.46. The molecule has 2 aliphatic rings. The van der Waals surface area contributed by atoms with E-state index in [0.29, 0.717) is 0 Å². The van der Waals surface area contributed by atoms with Gasteiger partial charge in [-0.05, 0) is 6.08 Å². The molecule has 0 radical (unpaired) electrons. The molecule has 0 aromatic carbocycles. The van der Waals surface area contributed by atoms with Crippen molar-refractivity contribution in [2.45, 2.75) is 90.6 Å². The second-order valence-electron chi connectivity index (χ2n) is 8.55. The van der Waals surface area contributed by atoms with Crippen LogP contribution in [0, 0.1) is 0 Å². The molecular weight excluding hydrogens is 528 g/mol. The van der Waals surface area contributed by atoms with Crippen molar-refractivity contribution in [3.05, 3.63) is 12.3 Å². The third-order valence-electron chi connectivity index (χ3n) is 5.20. The highest BCUT2D eigenvalue weighted by Gasteiger charge is 2.54. The maximum absolute atomic E-state index is 12.0. The van der Waals surface area contributed by atoms with Gasteiger partial charge >= 0.3 is 35.8 Å². The van der Waals surface area contributed by atoms with Crippen molar-refractivity contribution in [2.24, 2.45) is 0 Å². The first-order chi connectivity index (χ1) is 18.3. The summed E-state index contributed by atoms with van der Waals surface area (Å²) >= 11 is 0. The molecule has 0 N–H and O–H groups in total. The van der Waals surface area contributed by atoms with Crippen LogP contribution in [0.1, 0.15) is 41.5 Å². The highest BCUT2D eigenvalue weighted by molar-refractivity contribution is 5.69. The zero-order valence-corrected chi connectivity index (χ0v) is 22.3. The lowest BCUT2D eigenvalue weighted by Crippen LogP contribution is -2.64. The van der Waals surface area contributed by atoms with E-state index in [1.165, 1.54) is 19.3 Å². The van der Waals surface area contributed by atoms with Crippen LogP contribution in [0.4, 0.5) is 0 Å². The summed E-state index contributed by atoms with van der Waals surface area (Å²) < 4.78 is 49.0. The third kappa shape index (κ3) is 9.83. The lowest BCUT2D eigenvalue weighted by atomic mass is 9.97. The molecule has 2 heterocycles. The lowest BCUT2D eigenvalue weighted by molar-refractivity contribution is -0.328. The van der Waals surface area contributed by atoms with Gasteiger partial charge in [0, 0.05) is 41.5 Å². The topological polar surface area (TPSA) is 185 Å². The van der Waals surface area contributed by atoms with Gasteiger partial charge < -0.3 is 42.6 Å². The molecule has 0 aliphatic carbocycles. The first kappa shape index (κ1) is 31.5. The van der Waals surface area contributed by atoms with Gasteiger partial charge in [-0.25, -0.2) is 0 Å². The standard InChI is InChI=1S/C24H32O15/c1-11(25)32-9-18-20(17(7-8-31-18)34-13(3)27)39-24-23(37-16(6)30)22(36-15(5)29)21(35-14(4)28)19(38-24)10-33-12(2)26/h7-8,17-24H,9-10H2,1-6H3/t17-,18?,19?,20+,21+,22+,23?,24+/m1/s1. The molecule has 0 spiro atoms. The molecule has 218 valence electrons. The molecule has 1 saturated heterocycles. The maximum atomic E-state index is 12.0. The first-order valence-electron chi connectivity index (χ1n) is 11.9. The molecule has 0 saturated carbocycles. The van der Waals surface area contributed by atoms with E-state index in [0.717, 1.165) is 34.6 Å². The van der Waals surface area contributed by atoms with E-state index in [4.69, 9.17) is 42.6 Å². The minimum absolute atomic E-state index is 0.326. The summed E-state index contributed by atoms with van der Waals surface area (Å²) in [7, 11) is 0. The Kier molecular flexibility index (Phi) is 11.7. The van der Waals surface area contributed by atoms with E-state index in [9.17, 15) is 28.8 Å². The molecule has 3 unspecified atom stereocenters. The fourth-order valence-electron chi connectivity index (χ4n) is 3.87. The second-order valence-corrected chi connectivity index (χ2v) is 8.55. The summed E-state index contributed by atoms with van der Waals surface area (Å²) in [6.07, 6.45) is -7.97. The summed E-state index contributed by atoms with van der Waals surface area (Å²) in [6.45, 7) is 5.92. The van der Waals surface area contributed by atoms with Crippen LogP contribution in [0.2, 0.25) is 0 Å². The zero-order chi connectivity index (χ0) is 29.3. The van der Waals surface area contributed by atoms with Gasteiger partial charge in [0.25, 0.3) is 0 Å². The van der Waals surface area contributed by atoms with E-state index >= 15 is 0 Å². The molecule has 15 nitrogen and oxygen atoms in total. The van der Waals surface area contributed by atoms with Crippen LogP contribution in [-0.2, 0) is 71.4 Å². The fraction of sp³-hybridized carbons (Fsp3) is 0.667. The van der Waals surface area contributed by atoms with E-state index in [1.54, 1.807) is 0 Å². The van der Waals surface area contributed by atoms with E-state index < -0.39 is 91.4 Å². The van der Waals surface area contributed by atoms with Crippen molar-refractivity contribution in [1.29, 1.82) is 0 Å². The quantitative estimate of drug-likeness (QED) is 0.254. The van der Waals surface area contributed by atoms with Crippen LogP contribution in [0.25, 0.3) is 0 Å². The van der Waals surface area contributed by atoms with Crippen LogP contribution in [0.5, 0.6) is 0 Å². The number of hydrogen-bond donors (Lipinski definition) is 0. The molecule has 8 atom stereocenters. The number of hydrogen-bond acceptors (Lipinski definition) is 15. The largest absolute Gasteiger partial charge is 0.492 e. The Morgan fingerprint density at radius 1 is 0.590 bits per heavy atom. The SMILES string of the molecule is CC(=O)OCC1OC=C[C@@H](OC(C)=O)[C@@H]1O[C@@H]1OC(COC(C)=O)[C@H](OC(C)=O)[C@H](OC(C)=O)C1OC(C)=O. The van der Waals surface area contributed by atoms with Gasteiger partial charge in [0.1, 0.15) is 25.4 Å². The first-order valence-corrected chi connectivity index (χ1v) is 11.9. The van der Waals surface area contributed by atoms with Crippen LogP contribution in [0.15, 0.2) is 12.3 Å². The molecule has 1 fully saturated rings. The normalized spacial score (nSPS) is 29.7. The second kappa shape index (κ2) is 14.4. The molecule has 2 aliphatic heterocycles. The Balaban J connectivity index is 2.52. The van der Waals surface area contributed by atoms with E-state index in [2.05, 4.69) is 0 Å². The molecular formula is C24H32O15. The summed E-state index contributed by atoms with van der Waals surface area (Å²) in [5.74, 6) is -4.43. The Hall–Kier alpha value is -3.72. The van der Waals surface area contributed by atoms with Gasteiger partial charge in [0.05, 0.1) is 6.26 Å². The van der Waals surface area contributed by atoms with Crippen molar-refractivity contribution in [3.63, 3.8) is 0 Å². The molecule has 15 heteroatoms. The molecule has 0 aromatic rings. The average Bonchev–Trinajstić information content (AvgIpc) is 2.80. The van der Waals surface area contributed by atoms with Gasteiger partial charge in [-0.3, -0.25) is 28.8 Å². The number of esters is 6. The van der Waals surface area contributed by atoms with Crippen LogP contribution in [0.3, 0.4) is 0 Å². The van der Waals surface area contributed by atoms with Gasteiger partial charge in [0.2, 0.25) is 0 Å². The van der Waals surface area contributed by atoms with E-state index in [1.807, 2.05) is 0 Å². The number of ether oxygens (including phenoxy) is 9. The Morgan fingerprint density at radius 2 is 1.08 bits per heavy atom. The number of rotatable bonds is 10. The molecule has 0 bridgehead atoms. The highest BCUT2D eigenvalue weighted by atomic mass is 16.7. The fourth-order valence-corrected chi connectivity index (χ4v) is 3.87. The predicted octanol–water partition coefficient (Wildman–Crippen LogP) is -0.138. The van der Waals surface area contributed by atoms with Crippen molar-refractivity contribution in [2.75, 3.05) is 13.2 Å². The molecule has 0 amide bonds.